The van der Waals surface area contributed by atoms with Crippen LogP contribution in [-0.4, -0.2) is 17.2 Å². The van der Waals surface area contributed by atoms with Gasteiger partial charge in [-0.15, -0.1) is 13.2 Å². The number of aromatic nitrogens is 1. The fourth-order valence-corrected chi connectivity index (χ4v) is 2.77. The van der Waals surface area contributed by atoms with Crippen LogP contribution in [-0.2, 0) is 4.84 Å². The van der Waals surface area contributed by atoms with Gasteiger partial charge in [0.25, 0.3) is 0 Å². The molecule has 1 atom stereocenters. The molecule has 6 nitrogen and oxygen atoms in total. The van der Waals surface area contributed by atoms with Crippen LogP contribution in [0.3, 0.4) is 0 Å². The lowest BCUT2D eigenvalue weighted by Crippen LogP contribution is -2.17. The fraction of sp³-hybridized carbons (Fsp3) is 0.200. The highest BCUT2D eigenvalue weighted by Crippen LogP contribution is 2.31. The topological polar surface area (TPSA) is 66.1 Å². The van der Waals surface area contributed by atoms with Crippen LogP contribution in [0.15, 0.2) is 64.3 Å². The van der Waals surface area contributed by atoms with Crippen molar-refractivity contribution in [1.29, 1.82) is 0 Å². The smallest absolute Gasteiger partial charge is 0.460 e. The molecule has 9 heteroatoms. The van der Waals surface area contributed by atoms with E-state index in [1.54, 1.807) is 18.3 Å². The monoisotopic (exact) mass is 404 g/mol. The predicted octanol–water partition coefficient (Wildman–Crippen LogP) is 5.40. The summed E-state index contributed by atoms with van der Waals surface area (Å²) < 4.78 is 51.7. The number of halogens is 3. The normalized spacial score (nSPS) is 16.3. The second-order valence-corrected chi connectivity index (χ2v) is 6.29. The van der Waals surface area contributed by atoms with Gasteiger partial charge in [0.15, 0.2) is 11.9 Å². The maximum atomic E-state index is 12.2. The number of hydrogen-bond acceptors (Lipinski definition) is 6. The zero-order chi connectivity index (χ0) is 20.4. The Labute approximate surface area is 163 Å². The number of rotatable bonds is 4. The first-order valence-electron chi connectivity index (χ1n) is 8.65. The zero-order valence-corrected chi connectivity index (χ0v) is 15.1. The van der Waals surface area contributed by atoms with E-state index in [9.17, 15) is 13.2 Å². The lowest BCUT2D eigenvalue weighted by Gasteiger charge is -2.11. The van der Waals surface area contributed by atoms with Crippen molar-refractivity contribution in [2.75, 3.05) is 0 Å². The quantitative estimate of drug-likeness (QED) is 0.582. The SMILES string of the molecule is Cc1ccc(-c2ccc(OC3=NOC(c4ccc(OC(F)(F)F)cc4)C3)cn2)o1. The number of alkyl halides is 3. The van der Waals surface area contributed by atoms with Gasteiger partial charge in [0.1, 0.15) is 23.0 Å². The van der Waals surface area contributed by atoms with Gasteiger partial charge >= 0.3 is 6.36 Å². The summed E-state index contributed by atoms with van der Waals surface area (Å²) in [5.41, 5.74) is 1.33. The fourth-order valence-electron chi connectivity index (χ4n) is 2.77. The van der Waals surface area contributed by atoms with Gasteiger partial charge in [-0.2, -0.15) is 0 Å². The molecule has 3 heterocycles. The highest BCUT2D eigenvalue weighted by atomic mass is 19.4. The van der Waals surface area contributed by atoms with E-state index in [4.69, 9.17) is 14.0 Å². The standard InChI is InChI=1S/C20H15F3N2O4/c1-12-2-9-17(26-12)16-8-7-15(11-24-16)27-19-10-18(29-25-19)13-3-5-14(6-4-13)28-20(21,22)23/h2-9,11,18H,10H2,1H3. The molecule has 1 aliphatic heterocycles. The Hall–Kier alpha value is -3.49. The van der Waals surface area contributed by atoms with Gasteiger partial charge in [0, 0.05) is 0 Å². The third-order valence-electron chi connectivity index (χ3n) is 4.09. The van der Waals surface area contributed by atoms with E-state index in [1.807, 2.05) is 19.1 Å². The molecule has 0 radical (unpaired) electrons. The molecule has 3 aromatic rings. The first kappa shape index (κ1) is 18.9. The summed E-state index contributed by atoms with van der Waals surface area (Å²) in [5.74, 6) is 1.98. The maximum absolute atomic E-state index is 12.2. The molecule has 1 aromatic carbocycles. The number of hydrogen-bond donors (Lipinski definition) is 0. The van der Waals surface area contributed by atoms with Crippen molar-refractivity contribution >= 4 is 5.90 Å². The number of nitrogens with zero attached hydrogens (tertiary/aromatic N) is 2. The Kier molecular flexibility index (Phi) is 4.87. The lowest BCUT2D eigenvalue weighted by molar-refractivity contribution is -0.274. The summed E-state index contributed by atoms with van der Waals surface area (Å²) in [6.07, 6.45) is -3.30. The van der Waals surface area contributed by atoms with Gasteiger partial charge in [-0.1, -0.05) is 17.3 Å². The molecule has 1 aliphatic rings. The van der Waals surface area contributed by atoms with Crippen LogP contribution >= 0.6 is 0 Å². The summed E-state index contributed by atoms with van der Waals surface area (Å²) in [5, 5.41) is 3.89. The number of oxime groups is 1. The van der Waals surface area contributed by atoms with Crippen LogP contribution in [0.25, 0.3) is 11.5 Å². The van der Waals surface area contributed by atoms with E-state index in [-0.39, 0.29) is 5.75 Å². The molecule has 2 aromatic heterocycles. The largest absolute Gasteiger partial charge is 0.573 e. The number of benzene rings is 1. The minimum Gasteiger partial charge on any atom is -0.460 e. The number of ether oxygens (including phenoxy) is 2. The van der Waals surface area contributed by atoms with E-state index < -0.39 is 12.5 Å². The van der Waals surface area contributed by atoms with Gasteiger partial charge in [0.2, 0.25) is 5.90 Å². The van der Waals surface area contributed by atoms with Gasteiger partial charge in [0.05, 0.1) is 12.6 Å². The highest BCUT2D eigenvalue weighted by molar-refractivity contribution is 5.79. The number of pyridine rings is 1. The third kappa shape index (κ3) is 4.68. The van der Waals surface area contributed by atoms with E-state index >= 15 is 0 Å². The average Bonchev–Trinajstić information content (AvgIpc) is 3.31. The summed E-state index contributed by atoms with van der Waals surface area (Å²) in [4.78, 5) is 9.62. The Morgan fingerprint density at radius 3 is 2.38 bits per heavy atom. The van der Waals surface area contributed by atoms with Crippen LogP contribution in [0.5, 0.6) is 11.5 Å². The molecule has 4 rings (SSSR count). The lowest BCUT2D eigenvalue weighted by atomic mass is 10.1. The Morgan fingerprint density at radius 2 is 1.76 bits per heavy atom. The summed E-state index contributed by atoms with van der Waals surface area (Å²) in [6, 6.07) is 12.6. The van der Waals surface area contributed by atoms with Crippen molar-refractivity contribution in [3.8, 4) is 23.0 Å². The van der Waals surface area contributed by atoms with Gasteiger partial charge < -0.3 is 18.7 Å². The molecule has 29 heavy (non-hydrogen) atoms. The summed E-state index contributed by atoms with van der Waals surface area (Å²) in [7, 11) is 0. The van der Waals surface area contributed by atoms with E-state index in [0.29, 0.717) is 35.1 Å². The minimum atomic E-state index is -4.73. The molecule has 0 fully saturated rings. The molecule has 0 aliphatic carbocycles. The van der Waals surface area contributed by atoms with Crippen molar-refractivity contribution < 1.29 is 31.9 Å². The first-order valence-corrected chi connectivity index (χ1v) is 8.65. The van der Waals surface area contributed by atoms with Crippen molar-refractivity contribution in [2.45, 2.75) is 25.8 Å². The van der Waals surface area contributed by atoms with Crippen molar-refractivity contribution in [1.82, 2.24) is 4.98 Å². The second-order valence-electron chi connectivity index (χ2n) is 6.29. The Morgan fingerprint density at radius 1 is 1.00 bits per heavy atom. The molecule has 150 valence electrons. The third-order valence-corrected chi connectivity index (χ3v) is 4.09. The van der Waals surface area contributed by atoms with Gasteiger partial charge in [-0.05, 0) is 48.9 Å². The van der Waals surface area contributed by atoms with Crippen LogP contribution in [0, 0.1) is 6.92 Å². The molecule has 0 amide bonds. The molecule has 1 unspecified atom stereocenters. The summed E-state index contributed by atoms with van der Waals surface area (Å²) >= 11 is 0. The van der Waals surface area contributed by atoms with Gasteiger partial charge in [-0.3, -0.25) is 0 Å². The molecule has 0 saturated heterocycles. The van der Waals surface area contributed by atoms with Crippen LogP contribution in [0.4, 0.5) is 13.2 Å². The maximum Gasteiger partial charge on any atom is 0.573 e. The van der Waals surface area contributed by atoms with E-state index in [1.165, 1.54) is 24.3 Å². The number of aryl methyl sites for hydroxylation is 1. The van der Waals surface area contributed by atoms with E-state index in [0.717, 1.165) is 5.76 Å². The molecular formula is C20H15F3N2O4. The Balaban J connectivity index is 1.35. The van der Waals surface area contributed by atoms with E-state index in [2.05, 4.69) is 14.9 Å². The van der Waals surface area contributed by atoms with Crippen molar-refractivity contribution in [3.63, 3.8) is 0 Å². The molecule has 0 bridgehead atoms. The number of furan rings is 1. The van der Waals surface area contributed by atoms with Crippen molar-refractivity contribution in [3.05, 3.63) is 66.1 Å². The average molecular weight is 404 g/mol. The van der Waals surface area contributed by atoms with Crippen LogP contribution in [0.2, 0.25) is 0 Å². The first-order chi connectivity index (χ1) is 13.9. The predicted molar refractivity (Wildman–Crippen MR) is 96.3 cm³/mol. The highest BCUT2D eigenvalue weighted by Gasteiger charge is 2.31. The Bertz CT molecular complexity index is 1010. The molecular weight excluding hydrogens is 389 g/mol. The van der Waals surface area contributed by atoms with Gasteiger partial charge in [-0.25, -0.2) is 4.98 Å². The minimum absolute atomic E-state index is 0.297. The molecule has 0 N–H and O–H groups in total. The zero-order valence-electron chi connectivity index (χ0n) is 15.1. The summed E-state index contributed by atoms with van der Waals surface area (Å²) in [6.45, 7) is 1.85. The second kappa shape index (κ2) is 7.50. The van der Waals surface area contributed by atoms with Crippen LogP contribution < -0.4 is 9.47 Å². The molecule has 0 spiro atoms. The molecule has 0 saturated carbocycles. The van der Waals surface area contributed by atoms with Crippen molar-refractivity contribution in [2.24, 2.45) is 5.16 Å². The van der Waals surface area contributed by atoms with Crippen LogP contribution in [0.1, 0.15) is 23.8 Å².